The summed E-state index contributed by atoms with van der Waals surface area (Å²) in [6, 6.07) is 0. The first kappa shape index (κ1) is 11.9. The van der Waals surface area contributed by atoms with Crippen LogP contribution < -0.4 is 0 Å². The summed E-state index contributed by atoms with van der Waals surface area (Å²) in [5, 5.41) is 17.9. The first-order chi connectivity index (χ1) is 5.66. The smallest absolute Gasteiger partial charge is 0.427 e. The molecule has 0 aliphatic carbocycles. The van der Waals surface area contributed by atoms with Gasteiger partial charge in [0, 0.05) is 0 Å². The Labute approximate surface area is 74.9 Å². The van der Waals surface area contributed by atoms with Gasteiger partial charge in [-0.3, -0.25) is 0 Å². The van der Waals surface area contributed by atoms with Crippen molar-refractivity contribution in [3.05, 3.63) is 0 Å². The standard InChI is InChI=1S/C8H19BO3/c1-3-4-5-6-7-9(11)12-8(2)10/h8,10-11H,3-7H2,1-2H3. The van der Waals surface area contributed by atoms with Gasteiger partial charge in [0.15, 0.2) is 0 Å². The Kier molecular flexibility index (Phi) is 7.55. The largest absolute Gasteiger partial charge is 0.455 e. The molecule has 0 radical (unpaired) electrons. The second-order valence-corrected chi connectivity index (χ2v) is 3.04. The van der Waals surface area contributed by atoms with Crippen LogP contribution in [0, 0.1) is 0 Å². The van der Waals surface area contributed by atoms with Gasteiger partial charge in [-0.25, -0.2) is 0 Å². The molecule has 12 heavy (non-hydrogen) atoms. The molecule has 0 aliphatic heterocycles. The van der Waals surface area contributed by atoms with Crippen molar-refractivity contribution in [2.75, 3.05) is 0 Å². The molecule has 0 aliphatic rings. The molecule has 0 aromatic rings. The van der Waals surface area contributed by atoms with E-state index < -0.39 is 13.4 Å². The van der Waals surface area contributed by atoms with Crippen LogP contribution in [-0.4, -0.2) is 23.5 Å². The van der Waals surface area contributed by atoms with Crippen LogP contribution in [0.4, 0.5) is 0 Å². The second-order valence-electron chi connectivity index (χ2n) is 3.04. The zero-order valence-electron chi connectivity index (χ0n) is 7.99. The maximum absolute atomic E-state index is 9.14. The van der Waals surface area contributed by atoms with Crippen molar-refractivity contribution in [2.45, 2.75) is 52.1 Å². The lowest BCUT2D eigenvalue weighted by atomic mass is 9.82. The summed E-state index contributed by atoms with van der Waals surface area (Å²) in [7, 11) is -0.804. The molecule has 3 nitrogen and oxygen atoms in total. The maximum atomic E-state index is 9.14. The van der Waals surface area contributed by atoms with Crippen molar-refractivity contribution in [3.63, 3.8) is 0 Å². The highest BCUT2D eigenvalue weighted by molar-refractivity contribution is 6.42. The fourth-order valence-electron chi connectivity index (χ4n) is 1.04. The number of hydrogen-bond acceptors (Lipinski definition) is 3. The second kappa shape index (κ2) is 7.59. The van der Waals surface area contributed by atoms with Crippen molar-refractivity contribution < 1.29 is 14.8 Å². The third-order valence-corrected chi connectivity index (χ3v) is 1.66. The molecular formula is C8H19BO3. The minimum absolute atomic E-state index is 0.616. The predicted octanol–water partition coefficient (Wildman–Crippen LogP) is 1.40. The van der Waals surface area contributed by atoms with E-state index in [0.717, 1.165) is 12.8 Å². The molecule has 0 amide bonds. The number of aliphatic hydroxyl groups excluding tert-OH is 1. The molecule has 0 saturated heterocycles. The zero-order chi connectivity index (χ0) is 9.40. The molecule has 0 spiro atoms. The van der Waals surface area contributed by atoms with Gasteiger partial charge in [0.2, 0.25) is 0 Å². The summed E-state index contributed by atoms with van der Waals surface area (Å²) < 4.78 is 4.74. The van der Waals surface area contributed by atoms with E-state index in [-0.39, 0.29) is 0 Å². The van der Waals surface area contributed by atoms with E-state index in [1.54, 1.807) is 0 Å². The van der Waals surface area contributed by atoms with E-state index in [0.29, 0.717) is 6.32 Å². The molecule has 0 aromatic carbocycles. The van der Waals surface area contributed by atoms with Crippen LogP contribution in [0.2, 0.25) is 6.32 Å². The third-order valence-electron chi connectivity index (χ3n) is 1.66. The molecule has 0 aromatic heterocycles. The highest BCUT2D eigenvalue weighted by Gasteiger charge is 2.13. The first-order valence-corrected chi connectivity index (χ1v) is 4.68. The molecule has 2 N–H and O–H groups in total. The highest BCUT2D eigenvalue weighted by atomic mass is 16.6. The Morgan fingerprint density at radius 1 is 1.33 bits per heavy atom. The van der Waals surface area contributed by atoms with E-state index in [2.05, 4.69) is 6.92 Å². The molecule has 4 heteroatoms. The van der Waals surface area contributed by atoms with Crippen LogP contribution in [-0.2, 0) is 4.65 Å². The number of aliphatic hydroxyl groups is 1. The first-order valence-electron chi connectivity index (χ1n) is 4.68. The third kappa shape index (κ3) is 8.05. The highest BCUT2D eigenvalue weighted by Crippen LogP contribution is 2.06. The molecule has 0 bridgehead atoms. The molecule has 0 heterocycles. The summed E-state index contributed by atoms with van der Waals surface area (Å²) in [5.74, 6) is 0. The van der Waals surface area contributed by atoms with E-state index in [4.69, 9.17) is 14.8 Å². The average Bonchev–Trinajstić information content (AvgIpc) is 1.97. The minimum Gasteiger partial charge on any atom is -0.427 e. The lowest BCUT2D eigenvalue weighted by Gasteiger charge is -2.09. The van der Waals surface area contributed by atoms with E-state index >= 15 is 0 Å². The van der Waals surface area contributed by atoms with Gasteiger partial charge in [-0.05, 0) is 13.2 Å². The Morgan fingerprint density at radius 3 is 2.50 bits per heavy atom. The maximum Gasteiger partial charge on any atom is 0.455 e. The Bertz CT molecular complexity index is 98.3. The van der Waals surface area contributed by atoms with Gasteiger partial charge in [0.05, 0.1) is 0 Å². The van der Waals surface area contributed by atoms with Gasteiger partial charge in [-0.15, -0.1) is 0 Å². The van der Waals surface area contributed by atoms with Gasteiger partial charge in [0.1, 0.15) is 6.29 Å². The van der Waals surface area contributed by atoms with E-state index in [1.165, 1.54) is 19.8 Å². The van der Waals surface area contributed by atoms with Crippen molar-refractivity contribution in [3.8, 4) is 0 Å². The van der Waals surface area contributed by atoms with E-state index in [1.807, 2.05) is 0 Å². The SMILES string of the molecule is CCCCCCB(O)OC(C)O. The van der Waals surface area contributed by atoms with Crippen LogP contribution in [0.5, 0.6) is 0 Å². The van der Waals surface area contributed by atoms with Crippen LogP contribution in [0.3, 0.4) is 0 Å². The van der Waals surface area contributed by atoms with Gasteiger partial charge in [-0.1, -0.05) is 32.6 Å². The molecule has 72 valence electrons. The van der Waals surface area contributed by atoms with Crippen molar-refractivity contribution in [2.24, 2.45) is 0 Å². The molecule has 0 rings (SSSR count). The van der Waals surface area contributed by atoms with E-state index in [9.17, 15) is 0 Å². The zero-order valence-corrected chi connectivity index (χ0v) is 7.99. The molecular weight excluding hydrogens is 155 g/mol. The Hall–Kier alpha value is -0.0551. The van der Waals surface area contributed by atoms with Crippen molar-refractivity contribution in [1.29, 1.82) is 0 Å². The van der Waals surface area contributed by atoms with Gasteiger partial charge >= 0.3 is 7.12 Å². The number of rotatable bonds is 7. The summed E-state index contributed by atoms with van der Waals surface area (Å²) in [6.07, 6.45) is 4.21. The van der Waals surface area contributed by atoms with Gasteiger partial charge < -0.3 is 14.8 Å². The predicted molar refractivity (Wildman–Crippen MR) is 49.7 cm³/mol. The minimum atomic E-state index is -0.869. The summed E-state index contributed by atoms with van der Waals surface area (Å²) in [5.41, 5.74) is 0. The van der Waals surface area contributed by atoms with Crippen molar-refractivity contribution >= 4 is 7.12 Å². The van der Waals surface area contributed by atoms with Crippen LogP contribution in [0.1, 0.15) is 39.5 Å². The molecule has 1 unspecified atom stereocenters. The van der Waals surface area contributed by atoms with Crippen LogP contribution in [0.15, 0.2) is 0 Å². The number of hydrogen-bond donors (Lipinski definition) is 2. The van der Waals surface area contributed by atoms with Gasteiger partial charge in [-0.2, -0.15) is 0 Å². The van der Waals surface area contributed by atoms with Crippen LogP contribution in [0.25, 0.3) is 0 Å². The lowest BCUT2D eigenvalue weighted by molar-refractivity contribution is -0.0159. The Balaban J connectivity index is 3.14. The molecule has 1 atom stereocenters. The fraction of sp³-hybridized carbons (Fsp3) is 1.00. The summed E-state index contributed by atoms with van der Waals surface area (Å²) in [6.45, 7) is 3.64. The number of unbranched alkanes of at least 4 members (excludes halogenated alkanes) is 3. The lowest BCUT2D eigenvalue weighted by Crippen LogP contribution is -2.23. The summed E-state index contributed by atoms with van der Waals surface area (Å²) >= 11 is 0. The average molecular weight is 174 g/mol. The quantitative estimate of drug-likeness (QED) is 0.348. The molecule has 0 saturated carbocycles. The van der Waals surface area contributed by atoms with Gasteiger partial charge in [0.25, 0.3) is 0 Å². The van der Waals surface area contributed by atoms with Crippen LogP contribution >= 0.6 is 0 Å². The van der Waals surface area contributed by atoms with Crippen molar-refractivity contribution in [1.82, 2.24) is 0 Å². The Morgan fingerprint density at radius 2 is 2.00 bits per heavy atom. The summed E-state index contributed by atoms with van der Waals surface area (Å²) in [4.78, 5) is 0. The monoisotopic (exact) mass is 174 g/mol. The normalized spacial score (nSPS) is 13.0. The topological polar surface area (TPSA) is 49.7 Å². The fourth-order valence-corrected chi connectivity index (χ4v) is 1.04. The molecule has 0 fully saturated rings.